The summed E-state index contributed by atoms with van der Waals surface area (Å²) in [5, 5.41) is 17.5. The van der Waals surface area contributed by atoms with Gasteiger partial charge in [0, 0.05) is 47.7 Å². The van der Waals surface area contributed by atoms with E-state index in [0.717, 1.165) is 23.4 Å². The number of methoxy groups -OCH3 is 1. The lowest BCUT2D eigenvalue weighted by atomic mass is 9.80. The molecule has 0 saturated carbocycles. The molecule has 1 atom stereocenters. The Morgan fingerprint density at radius 2 is 1.58 bits per heavy atom. The average molecular weight is 601 g/mol. The van der Waals surface area contributed by atoms with Crippen LogP contribution in [-0.2, 0) is 18.2 Å². The minimum Gasteiger partial charge on any atom is -0.481 e. The number of ether oxygens (including phenoxy) is 1. The maximum Gasteiger partial charge on any atom is 0.416 e. The Kier molecular flexibility index (Phi) is 7.37. The zero-order chi connectivity index (χ0) is 30.2. The van der Waals surface area contributed by atoms with Crippen molar-refractivity contribution in [2.75, 3.05) is 7.11 Å². The number of benzene rings is 3. The summed E-state index contributed by atoms with van der Waals surface area (Å²) < 4.78 is 47.3. The molecule has 0 spiro atoms. The van der Waals surface area contributed by atoms with Crippen LogP contribution in [-0.4, -0.2) is 32.0 Å². The summed E-state index contributed by atoms with van der Waals surface area (Å²) in [6.45, 7) is 0. The fourth-order valence-electron chi connectivity index (χ4n) is 5.16. The molecule has 3 aromatic heterocycles. The first-order valence-corrected chi connectivity index (χ1v) is 13.6. The number of rotatable bonds is 7. The smallest absolute Gasteiger partial charge is 0.416 e. The number of alkyl halides is 3. The summed E-state index contributed by atoms with van der Waals surface area (Å²) in [5.74, 6) is 0.367. The van der Waals surface area contributed by atoms with Gasteiger partial charge < -0.3 is 9.84 Å². The molecule has 3 aromatic carbocycles. The van der Waals surface area contributed by atoms with Crippen LogP contribution >= 0.6 is 11.6 Å². The van der Waals surface area contributed by atoms with Crippen molar-refractivity contribution in [1.82, 2.24) is 19.7 Å². The maximum absolute atomic E-state index is 13.3. The molecule has 0 fully saturated rings. The molecule has 6 nitrogen and oxygen atoms in total. The molecule has 6 aromatic rings. The first kappa shape index (κ1) is 28.4. The van der Waals surface area contributed by atoms with Gasteiger partial charge in [-0.25, -0.2) is 9.67 Å². The SMILES string of the molecule is COc1nc2ccc(C(O)(c3ccc(C(F)(F)F)cc3)c3cccnc3)cc2c(Cl)c1Cc1ccc(-n2cccn2)cc1. The van der Waals surface area contributed by atoms with Gasteiger partial charge in [-0.05, 0) is 65.2 Å². The van der Waals surface area contributed by atoms with E-state index in [1.54, 1.807) is 47.4 Å². The third-order valence-electron chi connectivity index (χ3n) is 7.38. The van der Waals surface area contributed by atoms with Crippen LogP contribution in [0.25, 0.3) is 16.6 Å². The van der Waals surface area contributed by atoms with Gasteiger partial charge in [0.2, 0.25) is 5.88 Å². The second kappa shape index (κ2) is 11.2. The number of fused-ring (bicyclic) bond motifs is 1. The highest BCUT2D eigenvalue weighted by Gasteiger charge is 2.36. The van der Waals surface area contributed by atoms with E-state index in [4.69, 9.17) is 16.3 Å². The second-order valence-corrected chi connectivity index (χ2v) is 10.3. The van der Waals surface area contributed by atoms with Gasteiger partial charge in [0.25, 0.3) is 0 Å². The van der Waals surface area contributed by atoms with E-state index >= 15 is 0 Å². The first-order valence-electron chi connectivity index (χ1n) is 13.2. The number of aliphatic hydroxyl groups is 1. The molecule has 0 aliphatic carbocycles. The van der Waals surface area contributed by atoms with Gasteiger partial charge in [-0.1, -0.05) is 48.0 Å². The van der Waals surface area contributed by atoms with Crippen molar-refractivity contribution in [1.29, 1.82) is 0 Å². The van der Waals surface area contributed by atoms with E-state index in [2.05, 4.69) is 15.1 Å². The number of aromatic nitrogens is 4. The van der Waals surface area contributed by atoms with E-state index in [0.29, 0.717) is 44.9 Å². The van der Waals surface area contributed by atoms with Gasteiger partial charge in [-0.3, -0.25) is 4.98 Å². The highest BCUT2D eigenvalue weighted by atomic mass is 35.5. The zero-order valence-electron chi connectivity index (χ0n) is 22.8. The van der Waals surface area contributed by atoms with Gasteiger partial charge in [0.15, 0.2) is 0 Å². The number of halogens is 4. The highest BCUT2D eigenvalue weighted by Crippen LogP contribution is 2.41. The minimum absolute atomic E-state index is 0.239. The fraction of sp³-hybridized carbons (Fsp3) is 0.121. The van der Waals surface area contributed by atoms with Crippen LogP contribution in [0.5, 0.6) is 5.88 Å². The Morgan fingerprint density at radius 3 is 2.21 bits per heavy atom. The number of hydrogen-bond donors (Lipinski definition) is 1. The second-order valence-electron chi connectivity index (χ2n) is 9.97. The third kappa shape index (κ3) is 5.33. The molecule has 0 aliphatic heterocycles. The van der Waals surface area contributed by atoms with E-state index in [9.17, 15) is 18.3 Å². The molecule has 0 bridgehead atoms. The normalized spacial score (nSPS) is 13.2. The molecule has 10 heteroatoms. The molecule has 1 unspecified atom stereocenters. The first-order chi connectivity index (χ1) is 20.7. The Morgan fingerprint density at radius 1 is 0.860 bits per heavy atom. The Labute approximate surface area is 250 Å². The maximum atomic E-state index is 13.3. The van der Waals surface area contributed by atoms with Crippen molar-refractivity contribution in [3.8, 4) is 11.6 Å². The molecule has 3 heterocycles. The van der Waals surface area contributed by atoms with Crippen LogP contribution in [0.3, 0.4) is 0 Å². The van der Waals surface area contributed by atoms with Gasteiger partial charge >= 0.3 is 6.18 Å². The standard InChI is InChI=1S/C33H24ClF3N4O2/c1-43-31-28(18-21-5-12-26(13-6-21)41-17-3-16-39-41)30(34)27-19-24(11-14-29(27)40-31)32(42,25-4-2-15-38-20-25)22-7-9-23(10-8-22)33(35,36)37/h2-17,19-20,42H,18H2,1H3. The molecule has 43 heavy (non-hydrogen) atoms. The lowest BCUT2D eigenvalue weighted by molar-refractivity contribution is -0.137. The fourth-order valence-corrected chi connectivity index (χ4v) is 5.46. The molecule has 6 rings (SSSR count). The predicted molar refractivity (Wildman–Crippen MR) is 157 cm³/mol. The summed E-state index contributed by atoms with van der Waals surface area (Å²) >= 11 is 7.02. The zero-order valence-corrected chi connectivity index (χ0v) is 23.5. The molecule has 216 valence electrons. The van der Waals surface area contributed by atoms with Crippen LogP contribution in [0.15, 0.2) is 110 Å². The van der Waals surface area contributed by atoms with E-state index < -0.39 is 17.3 Å². The van der Waals surface area contributed by atoms with Crippen LogP contribution in [0.4, 0.5) is 13.2 Å². The molecule has 1 N–H and O–H groups in total. The molecule has 0 radical (unpaired) electrons. The summed E-state index contributed by atoms with van der Waals surface area (Å²) in [4.78, 5) is 8.82. The Balaban J connectivity index is 1.45. The molecular weight excluding hydrogens is 577 g/mol. The largest absolute Gasteiger partial charge is 0.481 e. The summed E-state index contributed by atoms with van der Waals surface area (Å²) in [6, 6.07) is 22.5. The third-order valence-corrected chi connectivity index (χ3v) is 7.82. The van der Waals surface area contributed by atoms with Gasteiger partial charge in [0.05, 0.1) is 28.9 Å². The average Bonchev–Trinajstić information content (AvgIpc) is 3.57. The van der Waals surface area contributed by atoms with Crippen LogP contribution in [0, 0.1) is 0 Å². The van der Waals surface area contributed by atoms with Crippen molar-refractivity contribution >= 4 is 22.5 Å². The quantitative estimate of drug-likeness (QED) is 0.207. The highest BCUT2D eigenvalue weighted by molar-refractivity contribution is 6.36. The van der Waals surface area contributed by atoms with Gasteiger partial charge in [0.1, 0.15) is 5.60 Å². The Hall–Kier alpha value is -4.73. The van der Waals surface area contributed by atoms with Gasteiger partial charge in [-0.15, -0.1) is 0 Å². The van der Waals surface area contributed by atoms with Crippen molar-refractivity contribution < 1.29 is 23.0 Å². The van der Waals surface area contributed by atoms with Crippen molar-refractivity contribution in [3.63, 3.8) is 0 Å². The number of hydrogen-bond acceptors (Lipinski definition) is 5. The van der Waals surface area contributed by atoms with Crippen LogP contribution in [0.2, 0.25) is 5.02 Å². The van der Waals surface area contributed by atoms with Crippen molar-refractivity contribution in [2.24, 2.45) is 0 Å². The van der Waals surface area contributed by atoms with Crippen molar-refractivity contribution in [3.05, 3.63) is 148 Å². The summed E-state index contributed by atoms with van der Waals surface area (Å²) in [5.41, 5.74) is 1.41. The Bertz CT molecular complexity index is 1880. The lowest BCUT2D eigenvalue weighted by Gasteiger charge is -2.30. The molecule has 0 saturated heterocycles. The topological polar surface area (TPSA) is 73.1 Å². The predicted octanol–water partition coefficient (Wildman–Crippen LogP) is 7.37. The summed E-state index contributed by atoms with van der Waals surface area (Å²) in [7, 11) is 1.52. The molecule has 0 aliphatic rings. The monoisotopic (exact) mass is 600 g/mol. The van der Waals surface area contributed by atoms with Gasteiger partial charge in [-0.2, -0.15) is 18.3 Å². The van der Waals surface area contributed by atoms with E-state index in [-0.39, 0.29) is 5.56 Å². The van der Waals surface area contributed by atoms with Crippen LogP contribution in [0.1, 0.15) is 33.4 Å². The summed E-state index contributed by atoms with van der Waals surface area (Å²) in [6.07, 6.45) is 2.51. The lowest BCUT2D eigenvalue weighted by Crippen LogP contribution is -2.29. The van der Waals surface area contributed by atoms with E-state index in [1.165, 1.54) is 25.4 Å². The van der Waals surface area contributed by atoms with Crippen molar-refractivity contribution in [2.45, 2.75) is 18.2 Å². The molecule has 0 amide bonds. The number of pyridine rings is 2. The van der Waals surface area contributed by atoms with E-state index in [1.807, 2.05) is 36.5 Å². The molecular formula is C33H24ClF3N4O2. The van der Waals surface area contributed by atoms with Crippen LogP contribution < -0.4 is 4.74 Å². The number of nitrogens with zero attached hydrogens (tertiary/aromatic N) is 4. The minimum atomic E-state index is -4.51.